The number of aromatic nitrogens is 5. The van der Waals surface area contributed by atoms with E-state index in [1.54, 1.807) is 19.3 Å². The number of fused-ring (bicyclic) bond motifs is 3. The molecule has 2 N–H and O–H groups in total. The molecule has 0 fully saturated rings. The number of rotatable bonds is 3. The molecule has 0 saturated carbocycles. The summed E-state index contributed by atoms with van der Waals surface area (Å²) in [5.41, 5.74) is 8.35. The van der Waals surface area contributed by atoms with Crippen LogP contribution >= 0.6 is 0 Å². The van der Waals surface area contributed by atoms with Crippen LogP contribution in [0.25, 0.3) is 28.0 Å². The molecule has 0 unspecified atom stereocenters. The number of carbonyl (C=O) groups excluding carboxylic acids is 1. The lowest BCUT2D eigenvalue weighted by atomic mass is 10.1. The zero-order chi connectivity index (χ0) is 17.6. The van der Waals surface area contributed by atoms with Gasteiger partial charge in [0.2, 0.25) is 5.69 Å². The van der Waals surface area contributed by atoms with Gasteiger partial charge in [0, 0.05) is 11.3 Å². The molecule has 0 amide bonds. The Hall–Kier alpha value is -3.49. The van der Waals surface area contributed by atoms with Crippen molar-refractivity contribution < 1.29 is 13.9 Å². The summed E-state index contributed by atoms with van der Waals surface area (Å²) in [6.07, 6.45) is 1.58. The number of esters is 1. The number of anilines is 1. The first-order chi connectivity index (χ1) is 12.1. The van der Waals surface area contributed by atoms with Crippen molar-refractivity contribution in [3.63, 3.8) is 0 Å². The van der Waals surface area contributed by atoms with Crippen LogP contribution in [-0.4, -0.2) is 37.4 Å². The summed E-state index contributed by atoms with van der Waals surface area (Å²) in [5, 5.41) is 13.1. The Morgan fingerprint density at radius 2 is 2.24 bits per heavy atom. The molecule has 4 rings (SSSR count). The van der Waals surface area contributed by atoms with Crippen molar-refractivity contribution in [1.82, 2.24) is 24.8 Å². The van der Waals surface area contributed by atoms with Gasteiger partial charge in [0.1, 0.15) is 5.76 Å². The molecule has 9 nitrogen and oxygen atoms in total. The summed E-state index contributed by atoms with van der Waals surface area (Å²) in [7, 11) is 0. The van der Waals surface area contributed by atoms with Crippen molar-refractivity contribution in [2.24, 2.45) is 0 Å². The zero-order valence-corrected chi connectivity index (χ0v) is 13.6. The van der Waals surface area contributed by atoms with Gasteiger partial charge in [0.05, 0.1) is 18.3 Å². The second kappa shape index (κ2) is 5.55. The van der Waals surface area contributed by atoms with Gasteiger partial charge in [-0.3, -0.25) is 0 Å². The van der Waals surface area contributed by atoms with Gasteiger partial charge < -0.3 is 14.9 Å². The second-order valence-corrected chi connectivity index (χ2v) is 5.38. The van der Waals surface area contributed by atoms with Gasteiger partial charge in [-0.1, -0.05) is 0 Å². The molecular weight excluding hydrogens is 324 g/mol. The smallest absolute Gasteiger partial charge is 0.362 e. The molecule has 0 aliphatic carbocycles. The molecule has 126 valence electrons. The molecule has 0 aliphatic heterocycles. The van der Waals surface area contributed by atoms with E-state index in [1.165, 1.54) is 4.52 Å². The van der Waals surface area contributed by atoms with Gasteiger partial charge >= 0.3 is 5.97 Å². The number of aryl methyl sites for hydroxylation is 1. The molecule has 25 heavy (non-hydrogen) atoms. The monoisotopic (exact) mass is 338 g/mol. The number of nitrogens with two attached hydrogens (primary N) is 1. The van der Waals surface area contributed by atoms with E-state index < -0.39 is 5.97 Å². The van der Waals surface area contributed by atoms with Crippen molar-refractivity contribution in [3.05, 3.63) is 35.9 Å². The Bertz CT molecular complexity index is 1100. The van der Waals surface area contributed by atoms with Crippen molar-refractivity contribution in [3.8, 4) is 11.3 Å². The quantitative estimate of drug-likeness (QED) is 0.563. The SMILES string of the molecule is CCOC(=O)c1nnc2c3c(-c4ccco4)cc(C)nc3nn2c1N. The predicted molar refractivity (Wildman–Crippen MR) is 88.9 cm³/mol. The maximum atomic E-state index is 12.0. The van der Waals surface area contributed by atoms with Crippen LogP contribution in [0.15, 0.2) is 28.9 Å². The molecule has 0 aromatic carbocycles. The van der Waals surface area contributed by atoms with Crippen LogP contribution < -0.4 is 5.73 Å². The van der Waals surface area contributed by atoms with E-state index in [0.29, 0.717) is 22.4 Å². The second-order valence-electron chi connectivity index (χ2n) is 5.38. The number of nitrogens with zero attached hydrogens (tertiary/aromatic N) is 5. The van der Waals surface area contributed by atoms with Crippen LogP contribution in [0, 0.1) is 6.92 Å². The molecule has 4 aromatic heterocycles. The minimum atomic E-state index is -0.649. The third-order valence-corrected chi connectivity index (χ3v) is 3.72. The van der Waals surface area contributed by atoms with Crippen molar-refractivity contribution in [2.45, 2.75) is 13.8 Å². The van der Waals surface area contributed by atoms with Crippen LogP contribution in [0.5, 0.6) is 0 Å². The Morgan fingerprint density at radius 1 is 1.40 bits per heavy atom. The van der Waals surface area contributed by atoms with E-state index in [4.69, 9.17) is 14.9 Å². The van der Waals surface area contributed by atoms with Gasteiger partial charge in [-0.05, 0) is 32.0 Å². The number of carbonyl (C=O) groups is 1. The number of hydrogen-bond donors (Lipinski definition) is 1. The van der Waals surface area contributed by atoms with Crippen molar-refractivity contribution >= 4 is 28.5 Å². The maximum Gasteiger partial charge on any atom is 0.362 e. The van der Waals surface area contributed by atoms with Gasteiger partial charge in [0.25, 0.3) is 0 Å². The highest BCUT2D eigenvalue weighted by Gasteiger charge is 2.22. The molecule has 0 atom stereocenters. The van der Waals surface area contributed by atoms with Crippen LogP contribution in [0.3, 0.4) is 0 Å². The highest BCUT2D eigenvalue weighted by Crippen LogP contribution is 2.31. The fourth-order valence-corrected chi connectivity index (χ4v) is 2.68. The van der Waals surface area contributed by atoms with Crippen LogP contribution in [-0.2, 0) is 4.74 Å². The minimum absolute atomic E-state index is 0.0458. The van der Waals surface area contributed by atoms with Gasteiger partial charge in [-0.15, -0.1) is 15.3 Å². The number of nitrogen functional groups attached to an aromatic ring is 1. The normalized spacial score (nSPS) is 11.3. The summed E-state index contributed by atoms with van der Waals surface area (Å²) in [6, 6.07) is 5.50. The van der Waals surface area contributed by atoms with Crippen molar-refractivity contribution in [1.29, 1.82) is 0 Å². The average Bonchev–Trinajstić information content (AvgIpc) is 3.22. The lowest BCUT2D eigenvalue weighted by Gasteiger charge is -2.05. The summed E-state index contributed by atoms with van der Waals surface area (Å²) < 4.78 is 11.8. The molecule has 9 heteroatoms. The Labute approximate surface area is 141 Å². The van der Waals surface area contributed by atoms with E-state index >= 15 is 0 Å². The fourth-order valence-electron chi connectivity index (χ4n) is 2.68. The van der Waals surface area contributed by atoms with Crippen LogP contribution in [0.1, 0.15) is 23.1 Å². The molecule has 0 radical (unpaired) electrons. The average molecular weight is 338 g/mol. The molecule has 0 spiro atoms. The first kappa shape index (κ1) is 15.1. The third-order valence-electron chi connectivity index (χ3n) is 3.72. The molecule has 4 heterocycles. The zero-order valence-electron chi connectivity index (χ0n) is 13.6. The Kier molecular flexibility index (Phi) is 3.34. The summed E-state index contributed by atoms with van der Waals surface area (Å²) in [4.78, 5) is 16.4. The summed E-state index contributed by atoms with van der Waals surface area (Å²) in [5.74, 6) is 0.0501. The first-order valence-electron chi connectivity index (χ1n) is 7.63. The fraction of sp³-hybridized carbons (Fsp3) is 0.188. The standard InChI is InChI=1S/C16H14N6O3/c1-3-24-16(23)12-13(17)22-15(20-19-12)11-9(10-5-4-6-25-10)7-8(2)18-14(11)21-22/h4-7H,3,17H2,1-2H3. The number of ether oxygens (including phenoxy) is 1. The summed E-state index contributed by atoms with van der Waals surface area (Å²) in [6.45, 7) is 3.77. The maximum absolute atomic E-state index is 12.0. The lowest BCUT2D eigenvalue weighted by Crippen LogP contribution is -2.15. The van der Waals surface area contributed by atoms with Crippen LogP contribution in [0.2, 0.25) is 0 Å². The van der Waals surface area contributed by atoms with E-state index in [-0.39, 0.29) is 18.1 Å². The predicted octanol–water partition coefficient (Wildman–Crippen LogP) is 2.00. The molecule has 0 saturated heterocycles. The van der Waals surface area contributed by atoms with E-state index in [9.17, 15) is 4.79 Å². The molecule has 0 bridgehead atoms. The molecular formula is C16H14N6O3. The Morgan fingerprint density at radius 3 is 2.96 bits per heavy atom. The molecule has 0 aliphatic rings. The van der Waals surface area contributed by atoms with Crippen molar-refractivity contribution in [2.75, 3.05) is 12.3 Å². The lowest BCUT2D eigenvalue weighted by molar-refractivity contribution is 0.0519. The number of pyridine rings is 1. The highest BCUT2D eigenvalue weighted by molar-refractivity contribution is 6.02. The highest BCUT2D eigenvalue weighted by atomic mass is 16.5. The Balaban J connectivity index is 2.04. The van der Waals surface area contributed by atoms with E-state index in [1.807, 2.05) is 19.1 Å². The third kappa shape index (κ3) is 2.28. The van der Waals surface area contributed by atoms with E-state index in [2.05, 4.69) is 20.3 Å². The summed E-state index contributed by atoms with van der Waals surface area (Å²) >= 11 is 0. The van der Waals surface area contributed by atoms with E-state index in [0.717, 1.165) is 11.3 Å². The van der Waals surface area contributed by atoms with Gasteiger partial charge in [-0.25, -0.2) is 9.78 Å². The first-order valence-corrected chi connectivity index (χ1v) is 7.63. The van der Waals surface area contributed by atoms with Gasteiger partial charge in [-0.2, -0.15) is 4.52 Å². The number of furan rings is 1. The topological polar surface area (TPSA) is 121 Å². The largest absolute Gasteiger partial charge is 0.464 e. The van der Waals surface area contributed by atoms with Gasteiger partial charge in [0.15, 0.2) is 17.1 Å². The molecule has 4 aromatic rings. The number of hydrogen-bond acceptors (Lipinski definition) is 8. The minimum Gasteiger partial charge on any atom is -0.464 e. The van der Waals surface area contributed by atoms with Crippen LogP contribution in [0.4, 0.5) is 5.82 Å².